The van der Waals surface area contributed by atoms with Gasteiger partial charge in [-0.15, -0.1) is 0 Å². The number of carbonyl (C=O) groups excluding carboxylic acids is 1. The molecule has 0 bridgehead atoms. The number of carbonyl (C=O) groups is 1. The standard InChI is InChI=1S/C11H18N4O2/c1-14(2)8-4-7-12-11(17)9-5-6-10(16)15(3)13-9/h5-6H,4,7-8H2,1-3H3,(H,12,17). The quantitative estimate of drug-likeness (QED) is 0.700. The van der Waals surface area contributed by atoms with E-state index in [0.29, 0.717) is 6.54 Å². The molecular weight excluding hydrogens is 220 g/mol. The van der Waals surface area contributed by atoms with E-state index in [1.807, 2.05) is 14.1 Å². The largest absolute Gasteiger partial charge is 0.351 e. The molecule has 0 radical (unpaired) electrons. The molecule has 0 aliphatic heterocycles. The van der Waals surface area contributed by atoms with Gasteiger partial charge in [0.05, 0.1) is 0 Å². The number of hydrogen-bond donors (Lipinski definition) is 1. The molecule has 1 aromatic rings. The van der Waals surface area contributed by atoms with Crippen LogP contribution in [0.3, 0.4) is 0 Å². The molecule has 0 unspecified atom stereocenters. The Hall–Kier alpha value is -1.69. The maximum absolute atomic E-state index is 11.7. The summed E-state index contributed by atoms with van der Waals surface area (Å²) in [5.41, 5.74) is 0.0334. The third kappa shape index (κ3) is 4.36. The minimum atomic E-state index is -0.251. The van der Waals surface area contributed by atoms with Crippen molar-refractivity contribution >= 4 is 5.91 Å². The molecule has 1 rings (SSSR count). The Morgan fingerprint density at radius 1 is 1.47 bits per heavy atom. The molecule has 6 nitrogen and oxygen atoms in total. The molecule has 0 aliphatic rings. The number of amides is 1. The van der Waals surface area contributed by atoms with Gasteiger partial charge in [-0.05, 0) is 33.1 Å². The number of nitrogens with zero attached hydrogens (tertiary/aromatic N) is 3. The van der Waals surface area contributed by atoms with Crippen molar-refractivity contribution in [1.29, 1.82) is 0 Å². The predicted octanol–water partition coefficient (Wildman–Crippen LogP) is -0.538. The summed E-state index contributed by atoms with van der Waals surface area (Å²) >= 11 is 0. The number of hydrogen-bond acceptors (Lipinski definition) is 4. The summed E-state index contributed by atoms with van der Waals surface area (Å²) in [5.74, 6) is -0.251. The highest BCUT2D eigenvalue weighted by atomic mass is 16.2. The van der Waals surface area contributed by atoms with E-state index in [4.69, 9.17) is 0 Å². The normalized spacial score (nSPS) is 10.6. The zero-order valence-corrected chi connectivity index (χ0v) is 10.4. The van der Waals surface area contributed by atoms with Crippen LogP contribution in [0.15, 0.2) is 16.9 Å². The van der Waals surface area contributed by atoms with Gasteiger partial charge in [-0.25, -0.2) is 4.68 Å². The number of rotatable bonds is 5. The molecule has 0 spiro atoms. The Labute approximate surface area is 100 Å². The summed E-state index contributed by atoms with van der Waals surface area (Å²) in [7, 11) is 5.48. The van der Waals surface area contributed by atoms with Crippen molar-refractivity contribution in [3.05, 3.63) is 28.2 Å². The van der Waals surface area contributed by atoms with Gasteiger partial charge in [0.1, 0.15) is 5.69 Å². The van der Waals surface area contributed by atoms with E-state index in [2.05, 4.69) is 15.3 Å². The van der Waals surface area contributed by atoms with E-state index in [0.717, 1.165) is 17.6 Å². The van der Waals surface area contributed by atoms with E-state index in [9.17, 15) is 9.59 Å². The molecule has 0 saturated carbocycles. The summed E-state index contributed by atoms with van der Waals surface area (Å²) in [6.45, 7) is 1.52. The van der Waals surface area contributed by atoms with E-state index >= 15 is 0 Å². The van der Waals surface area contributed by atoms with Gasteiger partial charge in [-0.3, -0.25) is 9.59 Å². The van der Waals surface area contributed by atoms with Crippen LogP contribution in [0.1, 0.15) is 16.9 Å². The van der Waals surface area contributed by atoms with Gasteiger partial charge in [-0.1, -0.05) is 0 Å². The first kappa shape index (κ1) is 13.4. The van der Waals surface area contributed by atoms with Crippen molar-refractivity contribution in [2.45, 2.75) is 6.42 Å². The first-order valence-corrected chi connectivity index (χ1v) is 5.48. The van der Waals surface area contributed by atoms with Gasteiger partial charge < -0.3 is 10.2 Å². The van der Waals surface area contributed by atoms with E-state index in [-0.39, 0.29) is 17.2 Å². The monoisotopic (exact) mass is 238 g/mol. The summed E-state index contributed by atoms with van der Waals surface area (Å²) in [5, 5.41) is 6.63. The maximum Gasteiger partial charge on any atom is 0.271 e. The van der Waals surface area contributed by atoms with Crippen LogP contribution in [0, 0.1) is 0 Å². The van der Waals surface area contributed by atoms with E-state index < -0.39 is 0 Å². The summed E-state index contributed by atoms with van der Waals surface area (Å²) in [6, 6.07) is 2.77. The van der Waals surface area contributed by atoms with E-state index in [1.165, 1.54) is 19.2 Å². The molecule has 17 heavy (non-hydrogen) atoms. The van der Waals surface area contributed by atoms with Gasteiger partial charge in [0.2, 0.25) is 0 Å². The molecule has 1 aromatic heterocycles. The summed E-state index contributed by atoms with van der Waals surface area (Å²) in [6.07, 6.45) is 0.879. The lowest BCUT2D eigenvalue weighted by Crippen LogP contribution is -2.30. The Kier molecular flexibility index (Phi) is 4.84. The zero-order chi connectivity index (χ0) is 12.8. The third-order valence-electron chi connectivity index (χ3n) is 2.26. The molecular formula is C11H18N4O2. The van der Waals surface area contributed by atoms with Crippen LogP contribution in [-0.2, 0) is 7.05 Å². The average Bonchev–Trinajstić information content (AvgIpc) is 2.27. The zero-order valence-electron chi connectivity index (χ0n) is 10.4. The predicted molar refractivity (Wildman–Crippen MR) is 65.0 cm³/mol. The lowest BCUT2D eigenvalue weighted by atomic mass is 10.3. The molecule has 0 aliphatic carbocycles. The number of aromatic nitrogens is 2. The van der Waals surface area contributed by atoms with Crippen molar-refractivity contribution in [2.75, 3.05) is 27.2 Å². The van der Waals surface area contributed by atoms with E-state index in [1.54, 1.807) is 0 Å². The van der Waals surface area contributed by atoms with Crippen LogP contribution >= 0.6 is 0 Å². The first-order chi connectivity index (χ1) is 8.00. The van der Waals surface area contributed by atoms with Crippen molar-refractivity contribution in [3.63, 3.8) is 0 Å². The van der Waals surface area contributed by atoms with Gasteiger partial charge in [-0.2, -0.15) is 5.10 Å². The number of aryl methyl sites for hydroxylation is 1. The van der Waals surface area contributed by atoms with Crippen molar-refractivity contribution in [2.24, 2.45) is 7.05 Å². The second-order valence-corrected chi connectivity index (χ2v) is 4.09. The van der Waals surface area contributed by atoms with Gasteiger partial charge in [0.15, 0.2) is 0 Å². The maximum atomic E-state index is 11.7. The molecule has 1 amide bonds. The van der Waals surface area contributed by atoms with Crippen molar-refractivity contribution in [1.82, 2.24) is 20.0 Å². The van der Waals surface area contributed by atoms with Crippen LogP contribution in [0.2, 0.25) is 0 Å². The molecule has 94 valence electrons. The SMILES string of the molecule is CN(C)CCCNC(=O)c1ccc(=O)n(C)n1. The van der Waals surface area contributed by atoms with Crippen LogP contribution in [0.4, 0.5) is 0 Å². The number of nitrogens with one attached hydrogen (secondary N) is 1. The fourth-order valence-electron chi connectivity index (χ4n) is 1.31. The lowest BCUT2D eigenvalue weighted by molar-refractivity contribution is 0.0945. The fourth-order valence-corrected chi connectivity index (χ4v) is 1.31. The van der Waals surface area contributed by atoms with Crippen LogP contribution in [-0.4, -0.2) is 47.8 Å². The smallest absolute Gasteiger partial charge is 0.271 e. The highest BCUT2D eigenvalue weighted by Gasteiger charge is 2.07. The highest BCUT2D eigenvalue weighted by Crippen LogP contribution is 1.90. The molecule has 0 fully saturated rings. The Morgan fingerprint density at radius 2 is 2.18 bits per heavy atom. The Bertz CT molecular complexity index is 439. The molecule has 1 heterocycles. The Balaban J connectivity index is 2.47. The molecule has 0 saturated heterocycles. The van der Waals surface area contributed by atoms with Crippen LogP contribution in [0.5, 0.6) is 0 Å². The fraction of sp³-hybridized carbons (Fsp3) is 0.545. The van der Waals surface area contributed by atoms with Crippen LogP contribution < -0.4 is 10.9 Å². The Morgan fingerprint density at radius 3 is 2.76 bits per heavy atom. The second kappa shape index (κ2) is 6.15. The van der Waals surface area contributed by atoms with Crippen LogP contribution in [0.25, 0.3) is 0 Å². The second-order valence-electron chi connectivity index (χ2n) is 4.09. The molecule has 1 N–H and O–H groups in total. The van der Waals surface area contributed by atoms with Gasteiger partial charge in [0.25, 0.3) is 11.5 Å². The topological polar surface area (TPSA) is 67.2 Å². The third-order valence-corrected chi connectivity index (χ3v) is 2.26. The minimum absolute atomic E-state index is 0.228. The molecule has 0 atom stereocenters. The van der Waals surface area contributed by atoms with Crippen molar-refractivity contribution in [3.8, 4) is 0 Å². The lowest BCUT2D eigenvalue weighted by Gasteiger charge is -2.09. The van der Waals surface area contributed by atoms with Gasteiger partial charge in [0, 0.05) is 19.7 Å². The average molecular weight is 238 g/mol. The summed E-state index contributed by atoms with van der Waals surface area (Å²) < 4.78 is 1.15. The van der Waals surface area contributed by atoms with Gasteiger partial charge >= 0.3 is 0 Å². The first-order valence-electron chi connectivity index (χ1n) is 5.48. The van der Waals surface area contributed by atoms with Crippen molar-refractivity contribution < 1.29 is 4.79 Å². The minimum Gasteiger partial charge on any atom is -0.351 e. The molecule has 0 aromatic carbocycles. The highest BCUT2D eigenvalue weighted by molar-refractivity contribution is 5.91. The summed E-state index contributed by atoms with van der Waals surface area (Å²) in [4.78, 5) is 24.8. The molecule has 6 heteroatoms.